The van der Waals surface area contributed by atoms with Crippen molar-refractivity contribution in [3.05, 3.63) is 48.3 Å². The van der Waals surface area contributed by atoms with Gasteiger partial charge in [-0.25, -0.2) is 4.98 Å². The van der Waals surface area contributed by atoms with E-state index in [-0.39, 0.29) is 6.61 Å². The first kappa shape index (κ1) is 8.44. The minimum Gasteiger partial charge on any atom is -0.392 e. The van der Waals surface area contributed by atoms with E-state index in [1.165, 1.54) is 0 Å². The maximum Gasteiger partial charge on any atom is 0.137 e. The van der Waals surface area contributed by atoms with Crippen LogP contribution in [0.3, 0.4) is 0 Å². The number of benzene rings is 1. The monoisotopic (exact) mass is 198 g/mol. The Balaban J connectivity index is 2.44. The standard InChI is InChI=1S/C12H10N2O/c15-8-9-1-3-11-10(7-9)2-4-12-13-5-6-14(11)12/h1-7,15H,8H2. The van der Waals surface area contributed by atoms with Crippen molar-refractivity contribution in [2.24, 2.45) is 0 Å². The zero-order valence-corrected chi connectivity index (χ0v) is 8.09. The highest BCUT2D eigenvalue weighted by atomic mass is 16.3. The molecule has 15 heavy (non-hydrogen) atoms. The fourth-order valence-electron chi connectivity index (χ4n) is 1.86. The van der Waals surface area contributed by atoms with Gasteiger partial charge in [0, 0.05) is 12.4 Å². The van der Waals surface area contributed by atoms with E-state index >= 15 is 0 Å². The van der Waals surface area contributed by atoms with Crippen molar-refractivity contribution in [2.45, 2.75) is 6.61 Å². The summed E-state index contributed by atoms with van der Waals surface area (Å²) in [6, 6.07) is 9.94. The second-order valence-corrected chi connectivity index (χ2v) is 3.54. The first-order valence-corrected chi connectivity index (χ1v) is 4.84. The number of hydrogen-bond donors (Lipinski definition) is 1. The van der Waals surface area contributed by atoms with Gasteiger partial charge in [0.2, 0.25) is 0 Å². The molecule has 0 unspecified atom stereocenters. The van der Waals surface area contributed by atoms with Crippen LogP contribution in [0.5, 0.6) is 0 Å². The molecule has 0 aliphatic rings. The van der Waals surface area contributed by atoms with Crippen molar-refractivity contribution in [3.63, 3.8) is 0 Å². The van der Waals surface area contributed by atoms with Gasteiger partial charge in [-0.05, 0) is 35.2 Å². The highest BCUT2D eigenvalue weighted by molar-refractivity contribution is 5.82. The summed E-state index contributed by atoms with van der Waals surface area (Å²) >= 11 is 0. The molecule has 0 saturated carbocycles. The van der Waals surface area contributed by atoms with E-state index in [4.69, 9.17) is 5.11 Å². The van der Waals surface area contributed by atoms with Gasteiger partial charge in [0.1, 0.15) is 5.65 Å². The fourth-order valence-corrected chi connectivity index (χ4v) is 1.86. The average molecular weight is 198 g/mol. The molecule has 74 valence electrons. The van der Waals surface area contributed by atoms with E-state index in [1.54, 1.807) is 6.20 Å². The van der Waals surface area contributed by atoms with Crippen LogP contribution in [0.25, 0.3) is 16.6 Å². The Hall–Kier alpha value is -1.87. The zero-order chi connectivity index (χ0) is 10.3. The molecule has 0 aliphatic carbocycles. The number of nitrogens with zero attached hydrogens (tertiary/aromatic N) is 2. The van der Waals surface area contributed by atoms with Crippen LogP contribution in [0, 0.1) is 0 Å². The highest BCUT2D eigenvalue weighted by Gasteiger charge is 2.00. The van der Waals surface area contributed by atoms with Crippen molar-refractivity contribution in [1.82, 2.24) is 9.38 Å². The van der Waals surface area contributed by atoms with E-state index in [0.29, 0.717) is 0 Å². The van der Waals surface area contributed by atoms with Gasteiger partial charge >= 0.3 is 0 Å². The zero-order valence-electron chi connectivity index (χ0n) is 8.09. The highest BCUT2D eigenvalue weighted by Crippen LogP contribution is 2.17. The van der Waals surface area contributed by atoms with Crippen LogP contribution in [0.1, 0.15) is 5.56 Å². The molecular weight excluding hydrogens is 188 g/mol. The van der Waals surface area contributed by atoms with Crippen LogP contribution in [0.15, 0.2) is 42.7 Å². The molecular formula is C12H10N2O. The Kier molecular flexibility index (Phi) is 1.73. The van der Waals surface area contributed by atoms with Crippen LogP contribution in [0.2, 0.25) is 0 Å². The first-order chi connectivity index (χ1) is 7.38. The SMILES string of the molecule is OCc1ccc2c(ccc3nccn32)c1. The third-order valence-electron chi connectivity index (χ3n) is 2.62. The van der Waals surface area contributed by atoms with E-state index in [0.717, 1.165) is 22.1 Å². The maximum absolute atomic E-state index is 9.05. The Labute approximate surface area is 86.6 Å². The van der Waals surface area contributed by atoms with Crippen molar-refractivity contribution < 1.29 is 5.11 Å². The van der Waals surface area contributed by atoms with Crippen molar-refractivity contribution in [2.75, 3.05) is 0 Å². The summed E-state index contributed by atoms with van der Waals surface area (Å²) in [5, 5.41) is 10.2. The topological polar surface area (TPSA) is 37.5 Å². The lowest BCUT2D eigenvalue weighted by atomic mass is 10.1. The number of aliphatic hydroxyl groups is 1. The molecule has 0 atom stereocenters. The summed E-state index contributed by atoms with van der Waals surface area (Å²) in [4.78, 5) is 4.23. The lowest BCUT2D eigenvalue weighted by Crippen LogP contribution is -1.89. The fraction of sp³-hybridized carbons (Fsp3) is 0.0833. The molecule has 0 amide bonds. The normalized spacial score (nSPS) is 11.3. The summed E-state index contributed by atoms with van der Waals surface area (Å²) in [5.41, 5.74) is 2.99. The van der Waals surface area contributed by atoms with Crippen molar-refractivity contribution >= 4 is 16.6 Å². The quantitative estimate of drug-likeness (QED) is 0.649. The van der Waals surface area contributed by atoms with Gasteiger partial charge in [0.25, 0.3) is 0 Å². The van der Waals surface area contributed by atoms with Gasteiger partial charge in [0.15, 0.2) is 0 Å². The molecule has 0 radical (unpaired) electrons. The number of pyridine rings is 1. The van der Waals surface area contributed by atoms with Crippen LogP contribution in [-0.2, 0) is 6.61 Å². The largest absolute Gasteiger partial charge is 0.392 e. The number of aromatic nitrogens is 2. The Morgan fingerprint density at radius 1 is 1.20 bits per heavy atom. The number of fused-ring (bicyclic) bond motifs is 3. The lowest BCUT2D eigenvalue weighted by molar-refractivity contribution is 0.282. The second-order valence-electron chi connectivity index (χ2n) is 3.54. The summed E-state index contributed by atoms with van der Waals surface area (Å²) in [6.07, 6.45) is 3.73. The molecule has 2 aromatic heterocycles. The van der Waals surface area contributed by atoms with Crippen LogP contribution < -0.4 is 0 Å². The number of imidazole rings is 1. The third kappa shape index (κ3) is 1.21. The van der Waals surface area contributed by atoms with Crippen LogP contribution >= 0.6 is 0 Å². The predicted molar refractivity (Wildman–Crippen MR) is 58.6 cm³/mol. The van der Waals surface area contributed by atoms with E-state index in [2.05, 4.69) is 4.98 Å². The number of hydrogen-bond acceptors (Lipinski definition) is 2. The Bertz CT molecular complexity index is 628. The molecule has 2 heterocycles. The number of rotatable bonds is 1. The van der Waals surface area contributed by atoms with E-state index < -0.39 is 0 Å². The maximum atomic E-state index is 9.05. The van der Waals surface area contributed by atoms with Crippen molar-refractivity contribution in [1.29, 1.82) is 0 Å². The number of aliphatic hydroxyl groups excluding tert-OH is 1. The minimum absolute atomic E-state index is 0.0813. The Morgan fingerprint density at radius 2 is 2.13 bits per heavy atom. The lowest BCUT2D eigenvalue weighted by Gasteiger charge is -2.03. The van der Waals surface area contributed by atoms with Gasteiger partial charge in [-0.2, -0.15) is 0 Å². The van der Waals surface area contributed by atoms with Gasteiger partial charge in [0.05, 0.1) is 12.1 Å². The van der Waals surface area contributed by atoms with Crippen LogP contribution in [0.4, 0.5) is 0 Å². The average Bonchev–Trinajstić information content (AvgIpc) is 2.76. The smallest absolute Gasteiger partial charge is 0.137 e. The van der Waals surface area contributed by atoms with E-state index in [1.807, 2.05) is 40.9 Å². The Morgan fingerprint density at radius 3 is 3.00 bits per heavy atom. The molecule has 3 aromatic rings. The molecule has 0 bridgehead atoms. The van der Waals surface area contributed by atoms with Crippen LogP contribution in [-0.4, -0.2) is 14.5 Å². The minimum atomic E-state index is 0.0813. The molecule has 1 aromatic carbocycles. The summed E-state index contributed by atoms with van der Waals surface area (Å²) in [7, 11) is 0. The van der Waals surface area contributed by atoms with Gasteiger partial charge in [-0.1, -0.05) is 6.07 Å². The summed E-state index contributed by atoms with van der Waals surface area (Å²) < 4.78 is 2.04. The molecule has 0 aliphatic heterocycles. The predicted octanol–water partition coefficient (Wildman–Crippen LogP) is 1.98. The summed E-state index contributed by atoms with van der Waals surface area (Å²) in [5.74, 6) is 0. The van der Waals surface area contributed by atoms with Gasteiger partial charge in [-0.15, -0.1) is 0 Å². The third-order valence-corrected chi connectivity index (χ3v) is 2.62. The molecule has 3 rings (SSSR count). The molecule has 0 spiro atoms. The molecule has 1 N–H and O–H groups in total. The molecule has 0 saturated heterocycles. The summed E-state index contributed by atoms with van der Waals surface area (Å²) in [6.45, 7) is 0.0813. The molecule has 0 fully saturated rings. The molecule has 3 heteroatoms. The van der Waals surface area contributed by atoms with E-state index in [9.17, 15) is 0 Å². The van der Waals surface area contributed by atoms with Crippen molar-refractivity contribution in [3.8, 4) is 0 Å². The molecule has 3 nitrogen and oxygen atoms in total. The first-order valence-electron chi connectivity index (χ1n) is 4.84. The van der Waals surface area contributed by atoms with Gasteiger partial charge < -0.3 is 5.11 Å². The second kappa shape index (κ2) is 3.07. The van der Waals surface area contributed by atoms with Gasteiger partial charge in [-0.3, -0.25) is 4.40 Å².